The van der Waals surface area contributed by atoms with Gasteiger partial charge in [-0.05, 0) is 26.6 Å². The van der Waals surface area contributed by atoms with Crippen LogP contribution in [0.1, 0.15) is 25.5 Å². The van der Waals surface area contributed by atoms with E-state index in [1.807, 2.05) is 26.1 Å². The Labute approximate surface area is 123 Å². The summed E-state index contributed by atoms with van der Waals surface area (Å²) >= 11 is 0. The van der Waals surface area contributed by atoms with Gasteiger partial charge < -0.3 is 14.8 Å². The maximum absolute atomic E-state index is 5.46. The summed E-state index contributed by atoms with van der Waals surface area (Å²) in [6, 6.07) is 8.44. The van der Waals surface area contributed by atoms with Crippen LogP contribution in [-0.4, -0.2) is 51.9 Å². The van der Waals surface area contributed by atoms with Crippen molar-refractivity contribution < 1.29 is 9.47 Å². The number of methoxy groups -OCH3 is 1. The van der Waals surface area contributed by atoms with Crippen molar-refractivity contribution in [3.63, 3.8) is 0 Å². The molecule has 0 bridgehead atoms. The van der Waals surface area contributed by atoms with Crippen molar-refractivity contribution in [3.8, 4) is 5.75 Å². The van der Waals surface area contributed by atoms with Crippen LogP contribution in [0.15, 0.2) is 24.3 Å². The minimum Gasteiger partial charge on any atom is -0.496 e. The first-order valence-corrected chi connectivity index (χ1v) is 7.37. The number of likely N-dealkylation sites (N-methyl/N-ethyl adjacent to an activating group) is 2. The third-order valence-electron chi connectivity index (χ3n) is 3.51. The summed E-state index contributed by atoms with van der Waals surface area (Å²) in [5, 5.41) is 3.39. The Kier molecular flexibility index (Phi) is 8.26. The van der Waals surface area contributed by atoms with Crippen LogP contribution in [0.25, 0.3) is 0 Å². The van der Waals surface area contributed by atoms with Crippen LogP contribution in [-0.2, 0) is 4.74 Å². The quantitative estimate of drug-likeness (QED) is 0.667. The fourth-order valence-corrected chi connectivity index (χ4v) is 2.27. The molecule has 4 nitrogen and oxygen atoms in total. The second-order valence-electron chi connectivity index (χ2n) is 4.67. The summed E-state index contributed by atoms with van der Waals surface area (Å²) in [4.78, 5) is 2.39. The number of ether oxygens (including phenoxy) is 2. The molecule has 0 saturated carbocycles. The lowest BCUT2D eigenvalue weighted by Crippen LogP contribution is -2.36. The Morgan fingerprint density at radius 1 is 1.25 bits per heavy atom. The lowest BCUT2D eigenvalue weighted by atomic mass is 10.1. The van der Waals surface area contributed by atoms with Crippen molar-refractivity contribution in [1.82, 2.24) is 10.2 Å². The van der Waals surface area contributed by atoms with Gasteiger partial charge in [-0.25, -0.2) is 0 Å². The van der Waals surface area contributed by atoms with Gasteiger partial charge in [0.15, 0.2) is 0 Å². The Morgan fingerprint density at radius 3 is 2.60 bits per heavy atom. The lowest BCUT2D eigenvalue weighted by molar-refractivity contribution is 0.111. The molecule has 1 N–H and O–H groups in total. The Balaban J connectivity index is 2.69. The molecule has 0 radical (unpaired) electrons. The van der Waals surface area contributed by atoms with E-state index in [2.05, 4.69) is 29.3 Å². The van der Waals surface area contributed by atoms with Crippen molar-refractivity contribution in [2.75, 3.05) is 47.0 Å². The first kappa shape index (κ1) is 17.0. The van der Waals surface area contributed by atoms with Gasteiger partial charge in [0, 0.05) is 31.3 Å². The second-order valence-corrected chi connectivity index (χ2v) is 4.67. The van der Waals surface area contributed by atoms with Crippen LogP contribution >= 0.6 is 0 Å². The highest BCUT2D eigenvalue weighted by molar-refractivity contribution is 5.36. The third kappa shape index (κ3) is 5.12. The summed E-state index contributed by atoms with van der Waals surface area (Å²) in [7, 11) is 3.71. The highest BCUT2D eigenvalue weighted by Crippen LogP contribution is 2.25. The monoisotopic (exact) mass is 280 g/mol. The number of nitrogens with zero attached hydrogens (tertiary/aromatic N) is 1. The molecule has 1 unspecified atom stereocenters. The van der Waals surface area contributed by atoms with Gasteiger partial charge in [-0.2, -0.15) is 0 Å². The van der Waals surface area contributed by atoms with E-state index >= 15 is 0 Å². The number of hydrogen-bond donors (Lipinski definition) is 1. The molecule has 0 aliphatic carbocycles. The maximum atomic E-state index is 5.46. The van der Waals surface area contributed by atoms with E-state index < -0.39 is 0 Å². The molecule has 0 heterocycles. The van der Waals surface area contributed by atoms with E-state index in [1.165, 1.54) is 5.56 Å². The third-order valence-corrected chi connectivity index (χ3v) is 3.51. The zero-order valence-corrected chi connectivity index (χ0v) is 13.2. The van der Waals surface area contributed by atoms with Gasteiger partial charge in [-0.15, -0.1) is 0 Å². The molecule has 0 fully saturated rings. The zero-order chi connectivity index (χ0) is 14.8. The van der Waals surface area contributed by atoms with Crippen molar-refractivity contribution in [2.24, 2.45) is 0 Å². The van der Waals surface area contributed by atoms with E-state index in [9.17, 15) is 0 Å². The molecule has 1 aromatic rings. The fraction of sp³-hybridized carbons (Fsp3) is 0.625. The van der Waals surface area contributed by atoms with E-state index in [1.54, 1.807) is 7.11 Å². The highest BCUT2D eigenvalue weighted by atomic mass is 16.5. The molecule has 0 aliphatic heterocycles. The molecule has 0 aliphatic rings. The molecule has 20 heavy (non-hydrogen) atoms. The standard InChI is InChI=1S/C16H28N2O2/c1-5-18(11-12-20-6-2)13-15(17-3)14-9-7-8-10-16(14)19-4/h7-10,15,17H,5-6,11-13H2,1-4H3. The highest BCUT2D eigenvalue weighted by Gasteiger charge is 2.16. The van der Waals surface area contributed by atoms with E-state index in [0.29, 0.717) is 0 Å². The molecule has 0 aromatic heterocycles. The summed E-state index contributed by atoms with van der Waals surface area (Å²) in [5.74, 6) is 0.938. The second kappa shape index (κ2) is 9.75. The minimum absolute atomic E-state index is 0.257. The summed E-state index contributed by atoms with van der Waals surface area (Å²) in [6.07, 6.45) is 0. The van der Waals surface area contributed by atoms with Crippen molar-refractivity contribution in [2.45, 2.75) is 19.9 Å². The van der Waals surface area contributed by atoms with Gasteiger partial charge in [0.2, 0.25) is 0 Å². The largest absolute Gasteiger partial charge is 0.496 e. The zero-order valence-electron chi connectivity index (χ0n) is 13.2. The number of benzene rings is 1. The molecule has 0 saturated heterocycles. The van der Waals surface area contributed by atoms with Crippen molar-refractivity contribution in [3.05, 3.63) is 29.8 Å². The normalized spacial score (nSPS) is 12.7. The Bertz CT molecular complexity index is 371. The van der Waals surface area contributed by atoms with Gasteiger partial charge >= 0.3 is 0 Å². The molecule has 114 valence electrons. The molecule has 4 heteroatoms. The Hall–Kier alpha value is -1.10. The number of para-hydroxylation sites is 1. The average Bonchev–Trinajstić information content (AvgIpc) is 2.51. The number of rotatable bonds is 10. The van der Waals surface area contributed by atoms with Crippen LogP contribution in [0.3, 0.4) is 0 Å². The topological polar surface area (TPSA) is 33.7 Å². The molecule has 1 rings (SSSR count). The molecular weight excluding hydrogens is 252 g/mol. The predicted octanol–water partition coefficient (Wildman–Crippen LogP) is 2.31. The van der Waals surface area contributed by atoms with Crippen LogP contribution in [0.4, 0.5) is 0 Å². The first-order chi connectivity index (χ1) is 9.76. The maximum Gasteiger partial charge on any atom is 0.123 e. The van der Waals surface area contributed by atoms with E-state index in [0.717, 1.165) is 38.6 Å². The van der Waals surface area contributed by atoms with Gasteiger partial charge in [0.25, 0.3) is 0 Å². The van der Waals surface area contributed by atoms with Gasteiger partial charge in [0.1, 0.15) is 5.75 Å². The smallest absolute Gasteiger partial charge is 0.123 e. The SMILES string of the molecule is CCOCCN(CC)CC(NC)c1ccccc1OC. The molecular formula is C16H28N2O2. The van der Waals surface area contributed by atoms with Gasteiger partial charge in [-0.3, -0.25) is 4.90 Å². The summed E-state index contributed by atoms with van der Waals surface area (Å²) < 4.78 is 10.9. The number of nitrogens with one attached hydrogen (secondary N) is 1. The lowest BCUT2D eigenvalue weighted by Gasteiger charge is -2.27. The summed E-state index contributed by atoms with van der Waals surface area (Å²) in [5.41, 5.74) is 1.20. The van der Waals surface area contributed by atoms with E-state index in [4.69, 9.17) is 9.47 Å². The molecule has 1 atom stereocenters. The molecule has 0 spiro atoms. The molecule has 1 aromatic carbocycles. The fourth-order valence-electron chi connectivity index (χ4n) is 2.27. The van der Waals surface area contributed by atoms with Crippen LogP contribution in [0.2, 0.25) is 0 Å². The van der Waals surface area contributed by atoms with Gasteiger partial charge in [-0.1, -0.05) is 25.1 Å². The van der Waals surface area contributed by atoms with Crippen LogP contribution in [0.5, 0.6) is 5.75 Å². The summed E-state index contributed by atoms with van der Waals surface area (Å²) in [6.45, 7) is 8.69. The predicted molar refractivity (Wildman–Crippen MR) is 83.4 cm³/mol. The van der Waals surface area contributed by atoms with Crippen LogP contribution < -0.4 is 10.1 Å². The van der Waals surface area contributed by atoms with Gasteiger partial charge in [0.05, 0.1) is 13.7 Å². The van der Waals surface area contributed by atoms with Crippen molar-refractivity contribution in [1.29, 1.82) is 0 Å². The Morgan fingerprint density at radius 2 is 2.00 bits per heavy atom. The van der Waals surface area contributed by atoms with Crippen LogP contribution in [0, 0.1) is 0 Å². The minimum atomic E-state index is 0.257. The average molecular weight is 280 g/mol. The van der Waals surface area contributed by atoms with Crippen molar-refractivity contribution >= 4 is 0 Å². The first-order valence-electron chi connectivity index (χ1n) is 7.37. The van der Waals surface area contributed by atoms with E-state index in [-0.39, 0.29) is 6.04 Å². The number of hydrogen-bond acceptors (Lipinski definition) is 4. The molecule has 0 amide bonds.